The topological polar surface area (TPSA) is 66.5 Å². The van der Waals surface area contributed by atoms with Crippen LogP contribution in [-0.4, -0.2) is 27.4 Å². The Morgan fingerprint density at radius 3 is 2.31 bits per heavy atom. The van der Waals surface area contributed by atoms with Crippen molar-refractivity contribution in [3.63, 3.8) is 0 Å². The van der Waals surface area contributed by atoms with Gasteiger partial charge < -0.3 is 5.32 Å². The van der Waals surface area contributed by atoms with Crippen molar-refractivity contribution in [1.82, 2.24) is 5.32 Å². The van der Waals surface area contributed by atoms with Crippen LogP contribution in [0.15, 0.2) is 59.5 Å². The molecule has 2 rings (SSSR count). The maximum Gasteiger partial charge on any atom is 0.264 e. The van der Waals surface area contributed by atoms with Gasteiger partial charge in [0.2, 0.25) is 5.91 Å². The number of carbonyl (C=O) groups is 1. The lowest BCUT2D eigenvalue weighted by molar-refractivity contribution is -0.119. The molecule has 0 aliphatic heterocycles. The molecule has 0 unspecified atom stereocenters. The second kappa shape index (κ2) is 11.0. The standard InChI is InChI=1S/C22H29FN2O3S/c1-3-5-9-18(4-2)16-24-22(26)17-25(20-14-12-19(23)13-15-20)29(27,28)21-10-7-6-8-11-21/h6-8,10-15,18H,3-5,9,16-17H2,1-2H3,(H,24,26)/t18-/m1/s1. The van der Waals surface area contributed by atoms with Crippen LogP contribution in [0.3, 0.4) is 0 Å². The quantitative estimate of drug-likeness (QED) is 0.588. The fourth-order valence-corrected chi connectivity index (χ4v) is 4.47. The number of sulfonamides is 1. The van der Waals surface area contributed by atoms with E-state index < -0.39 is 15.8 Å². The van der Waals surface area contributed by atoms with Crippen molar-refractivity contribution in [1.29, 1.82) is 0 Å². The monoisotopic (exact) mass is 420 g/mol. The number of unbranched alkanes of at least 4 members (excludes halogenated alkanes) is 1. The summed E-state index contributed by atoms with van der Waals surface area (Å²) < 4.78 is 40.6. The summed E-state index contributed by atoms with van der Waals surface area (Å²) in [4.78, 5) is 12.7. The number of benzene rings is 2. The van der Waals surface area contributed by atoms with Crippen molar-refractivity contribution in [3.8, 4) is 0 Å². The first kappa shape index (κ1) is 22.9. The van der Waals surface area contributed by atoms with Crippen molar-refractivity contribution in [2.24, 2.45) is 5.92 Å². The van der Waals surface area contributed by atoms with Gasteiger partial charge >= 0.3 is 0 Å². The molecule has 0 aliphatic rings. The van der Waals surface area contributed by atoms with Gasteiger partial charge in [-0.25, -0.2) is 12.8 Å². The second-order valence-corrected chi connectivity index (χ2v) is 8.88. The first-order valence-corrected chi connectivity index (χ1v) is 11.4. The molecule has 5 nitrogen and oxygen atoms in total. The van der Waals surface area contributed by atoms with Crippen molar-refractivity contribution < 1.29 is 17.6 Å². The third-order valence-corrected chi connectivity index (χ3v) is 6.65. The fourth-order valence-electron chi connectivity index (χ4n) is 3.03. The molecule has 158 valence electrons. The van der Waals surface area contributed by atoms with Crippen LogP contribution in [0.4, 0.5) is 10.1 Å². The van der Waals surface area contributed by atoms with E-state index >= 15 is 0 Å². The van der Waals surface area contributed by atoms with E-state index in [1.807, 2.05) is 0 Å². The number of anilines is 1. The summed E-state index contributed by atoms with van der Waals surface area (Å²) in [6.07, 6.45) is 4.16. The highest BCUT2D eigenvalue weighted by Gasteiger charge is 2.27. The Kier molecular flexibility index (Phi) is 8.64. The van der Waals surface area contributed by atoms with Gasteiger partial charge in [-0.3, -0.25) is 9.10 Å². The molecule has 0 saturated heterocycles. The smallest absolute Gasteiger partial charge is 0.264 e. The van der Waals surface area contributed by atoms with Gasteiger partial charge in [0.1, 0.15) is 12.4 Å². The Morgan fingerprint density at radius 2 is 1.72 bits per heavy atom. The SMILES string of the molecule is CCCC[C@@H](CC)CNC(=O)CN(c1ccc(F)cc1)S(=O)(=O)c1ccccc1. The van der Waals surface area contributed by atoms with Crippen molar-refractivity contribution in [2.45, 2.75) is 44.4 Å². The fraction of sp³-hybridized carbons (Fsp3) is 0.409. The predicted molar refractivity (Wildman–Crippen MR) is 114 cm³/mol. The highest BCUT2D eigenvalue weighted by Crippen LogP contribution is 2.23. The lowest BCUT2D eigenvalue weighted by atomic mass is 9.99. The summed E-state index contributed by atoms with van der Waals surface area (Å²) in [6, 6.07) is 13.0. The van der Waals surface area contributed by atoms with E-state index in [4.69, 9.17) is 0 Å². The summed E-state index contributed by atoms with van der Waals surface area (Å²) in [5.41, 5.74) is 0.239. The third kappa shape index (κ3) is 6.56. The molecule has 1 amide bonds. The number of carbonyl (C=O) groups excluding carboxylic acids is 1. The highest BCUT2D eigenvalue weighted by molar-refractivity contribution is 7.92. The van der Waals surface area contributed by atoms with Crippen LogP contribution in [0.25, 0.3) is 0 Å². The van der Waals surface area contributed by atoms with Gasteiger partial charge in [-0.05, 0) is 48.7 Å². The van der Waals surface area contributed by atoms with Gasteiger partial charge in [-0.15, -0.1) is 0 Å². The van der Waals surface area contributed by atoms with Crippen LogP contribution in [-0.2, 0) is 14.8 Å². The number of rotatable bonds is 11. The van der Waals surface area contributed by atoms with Crippen LogP contribution in [0.2, 0.25) is 0 Å². The van der Waals surface area contributed by atoms with Crippen LogP contribution in [0.5, 0.6) is 0 Å². The highest BCUT2D eigenvalue weighted by atomic mass is 32.2. The normalized spacial score (nSPS) is 12.4. The molecule has 0 aliphatic carbocycles. The molecule has 0 heterocycles. The Bertz CT molecular complexity index is 871. The third-order valence-electron chi connectivity index (χ3n) is 4.86. The molecular formula is C22H29FN2O3S. The van der Waals surface area contributed by atoms with Crippen LogP contribution in [0.1, 0.15) is 39.5 Å². The Balaban J connectivity index is 2.20. The van der Waals surface area contributed by atoms with Crippen molar-refractivity contribution in [2.75, 3.05) is 17.4 Å². The van der Waals surface area contributed by atoms with Crippen LogP contribution >= 0.6 is 0 Å². The summed E-state index contributed by atoms with van der Waals surface area (Å²) >= 11 is 0. The zero-order chi connectivity index (χ0) is 21.3. The lowest BCUT2D eigenvalue weighted by Gasteiger charge is -2.24. The molecule has 29 heavy (non-hydrogen) atoms. The molecule has 0 aromatic heterocycles. The van der Waals surface area contributed by atoms with Gasteiger partial charge in [-0.1, -0.05) is 51.3 Å². The maximum absolute atomic E-state index is 13.3. The Morgan fingerprint density at radius 1 is 1.07 bits per heavy atom. The van der Waals surface area contributed by atoms with Gasteiger partial charge in [0.05, 0.1) is 10.6 Å². The molecule has 7 heteroatoms. The number of hydrogen-bond donors (Lipinski definition) is 1. The summed E-state index contributed by atoms with van der Waals surface area (Å²) in [7, 11) is -3.97. The molecule has 0 spiro atoms. The number of hydrogen-bond acceptors (Lipinski definition) is 3. The van der Waals surface area contributed by atoms with E-state index in [-0.39, 0.29) is 23.0 Å². The number of amides is 1. The largest absolute Gasteiger partial charge is 0.354 e. The summed E-state index contributed by atoms with van der Waals surface area (Å²) in [6.45, 7) is 4.35. The Labute approximate surface area is 173 Å². The second-order valence-electron chi connectivity index (χ2n) is 7.02. The van der Waals surface area contributed by atoms with Gasteiger partial charge in [0, 0.05) is 6.54 Å². The molecule has 0 radical (unpaired) electrons. The van der Waals surface area contributed by atoms with E-state index in [0.717, 1.165) is 30.0 Å². The predicted octanol–water partition coefficient (Wildman–Crippen LogP) is 4.35. The Hall–Kier alpha value is -2.41. The van der Waals surface area contributed by atoms with Crippen LogP contribution < -0.4 is 9.62 Å². The molecule has 0 fully saturated rings. The van der Waals surface area contributed by atoms with E-state index in [2.05, 4.69) is 19.2 Å². The number of nitrogens with one attached hydrogen (secondary N) is 1. The summed E-state index contributed by atoms with van der Waals surface area (Å²) in [5, 5.41) is 2.86. The molecule has 0 bridgehead atoms. The number of halogens is 1. The van der Waals surface area contributed by atoms with Crippen molar-refractivity contribution in [3.05, 3.63) is 60.4 Å². The van der Waals surface area contributed by atoms with Crippen LogP contribution in [0, 0.1) is 11.7 Å². The minimum atomic E-state index is -3.97. The zero-order valence-electron chi connectivity index (χ0n) is 17.0. The van der Waals surface area contributed by atoms with E-state index in [1.165, 1.54) is 36.4 Å². The van der Waals surface area contributed by atoms with E-state index in [9.17, 15) is 17.6 Å². The molecule has 2 aromatic carbocycles. The molecule has 2 aromatic rings. The first-order valence-electron chi connectivity index (χ1n) is 9.98. The van der Waals surface area contributed by atoms with Crippen molar-refractivity contribution >= 4 is 21.6 Å². The van der Waals surface area contributed by atoms with Gasteiger partial charge in [0.15, 0.2) is 0 Å². The molecule has 0 saturated carbocycles. The zero-order valence-corrected chi connectivity index (χ0v) is 17.8. The average Bonchev–Trinajstić information content (AvgIpc) is 2.73. The molecular weight excluding hydrogens is 391 g/mol. The van der Waals surface area contributed by atoms with E-state index in [1.54, 1.807) is 18.2 Å². The van der Waals surface area contributed by atoms with Gasteiger partial charge in [-0.2, -0.15) is 0 Å². The lowest BCUT2D eigenvalue weighted by Crippen LogP contribution is -2.42. The van der Waals surface area contributed by atoms with Gasteiger partial charge in [0.25, 0.3) is 10.0 Å². The maximum atomic E-state index is 13.3. The van der Waals surface area contributed by atoms with E-state index in [0.29, 0.717) is 12.5 Å². The molecule has 1 N–H and O–H groups in total. The number of nitrogens with zero attached hydrogens (tertiary/aromatic N) is 1. The average molecular weight is 421 g/mol. The minimum Gasteiger partial charge on any atom is -0.354 e. The summed E-state index contributed by atoms with van der Waals surface area (Å²) in [5.74, 6) is -0.496. The first-order chi connectivity index (χ1) is 13.9. The molecule has 1 atom stereocenters. The minimum absolute atomic E-state index is 0.0755.